The maximum Gasteiger partial charge on any atom is 0.419 e. The van der Waals surface area contributed by atoms with Crippen molar-refractivity contribution in [3.05, 3.63) is 94.6 Å². The zero-order valence-electron chi connectivity index (χ0n) is 22.4. The molecule has 11 heteroatoms. The van der Waals surface area contributed by atoms with Crippen LogP contribution < -0.4 is 4.74 Å². The minimum Gasteiger partial charge on any atom is -0.494 e. The summed E-state index contributed by atoms with van der Waals surface area (Å²) >= 11 is 0. The van der Waals surface area contributed by atoms with E-state index >= 15 is 0 Å². The Morgan fingerprint density at radius 3 is 2.20 bits per heavy atom. The van der Waals surface area contributed by atoms with E-state index < -0.39 is 38.8 Å². The minimum absolute atomic E-state index is 0.0570. The minimum atomic E-state index is -4.82. The highest BCUT2D eigenvalue weighted by Gasteiger charge is 2.35. The smallest absolute Gasteiger partial charge is 0.419 e. The number of hydrogen-bond donors (Lipinski definition) is 1. The number of benzene rings is 3. The summed E-state index contributed by atoms with van der Waals surface area (Å²) in [7, 11) is -3.66. The highest BCUT2D eigenvalue weighted by atomic mass is 32.2. The third-order valence-corrected chi connectivity index (χ3v) is 7.44. The lowest BCUT2D eigenvalue weighted by Crippen LogP contribution is -2.29. The Bertz CT molecular complexity index is 1400. The van der Waals surface area contributed by atoms with Crippen LogP contribution in [0.2, 0.25) is 0 Å². The molecule has 0 aromatic heterocycles. The van der Waals surface area contributed by atoms with Crippen molar-refractivity contribution >= 4 is 9.84 Å². The molecule has 0 fully saturated rings. The second-order valence-electron chi connectivity index (χ2n) is 10.1. The van der Waals surface area contributed by atoms with Gasteiger partial charge in [0.25, 0.3) is 0 Å². The fraction of sp³-hybridized carbons (Fsp3) is 0.379. The first-order valence-electron chi connectivity index (χ1n) is 12.6. The van der Waals surface area contributed by atoms with Crippen molar-refractivity contribution in [2.24, 2.45) is 0 Å². The van der Waals surface area contributed by atoms with Crippen LogP contribution in [0, 0.1) is 11.6 Å². The molecule has 3 aromatic carbocycles. The lowest BCUT2D eigenvalue weighted by atomic mass is 9.98. The Morgan fingerprint density at radius 2 is 1.60 bits per heavy atom. The second kappa shape index (κ2) is 12.7. The first-order chi connectivity index (χ1) is 18.6. The third-order valence-electron chi connectivity index (χ3n) is 6.31. The quantitative estimate of drug-likeness (QED) is 0.205. The Labute approximate surface area is 231 Å². The number of halogens is 5. The molecule has 0 atom stereocenters. The molecule has 0 bridgehead atoms. The van der Waals surface area contributed by atoms with Gasteiger partial charge < -0.3 is 9.84 Å². The van der Waals surface area contributed by atoms with Crippen LogP contribution >= 0.6 is 0 Å². The summed E-state index contributed by atoms with van der Waals surface area (Å²) < 4.78 is 97.9. The average molecular weight is 586 g/mol. The van der Waals surface area contributed by atoms with Crippen LogP contribution in [-0.2, 0) is 34.6 Å². The summed E-state index contributed by atoms with van der Waals surface area (Å²) in [6, 6.07) is 13.4. The molecule has 0 aliphatic carbocycles. The fourth-order valence-electron chi connectivity index (χ4n) is 4.25. The Hall–Kier alpha value is -3.02. The molecule has 0 heterocycles. The molecule has 0 spiro atoms. The lowest BCUT2D eigenvalue weighted by molar-refractivity contribution is -0.140. The van der Waals surface area contributed by atoms with Gasteiger partial charge in [0, 0.05) is 37.0 Å². The maximum absolute atomic E-state index is 14.7. The Balaban J connectivity index is 1.72. The summed E-state index contributed by atoms with van der Waals surface area (Å²) in [6.45, 7) is 3.70. The van der Waals surface area contributed by atoms with Crippen LogP contribution in [0.15, 0.2) is 65.6 Å². The van der Waals surface area contributed by atoms with Gasteiger partial charge >= 0.3 is 6.18 Å². The molecule has 0 saturated carbocycles. The second-order valence-corrected chi connectivity index (χ2v) is 12.1. The number of aliphatic hydroxyl groups is 1. The van der Waals surface area contributed by atoms with Gasteiger partial charge in [0.05, 0.1) is 22.7 Å². The van der Waals surface area contributed by atoms with Crippen LogP contribution in [0.3, 0.4) is 0 Å². The van der Waals surface area contributed by atoms with Crippen LogP contribution in [0.4, 0.5) is 22.0 Å². The topological polar surface area (TPSA) is 66.8 Å². The van der Waals surface area contributed by atoms with E-state index in [2.05, 4.69) is 0 Å². The average Bonchev–Trinajstić information content (AvgIpc) is 2.85. The van der Waals surface area contributed by atoms with E-state index in [0.29, 0.717) is 32.0 Å². The van der Waals surface area contributed by atoms with E-state index in [4.69, 9.17) is 4.74 Å². The number of sulfone groups is 1. The number of alkyl halides is 3. The van der Waals surface area contributed by atoms with Crippen molar-refractivity contribution in [1.29, 1.82) is 0 Å². The molecule has 0 unspecified atom stereocenters. The number of nitrogens with zero attached hydrogens (tertiary/aromatic N) is 1. The predicted octanol–water partition coefficient (Wildman–Crippen LogP) is 6.13. The fourth-order valence-corrected chi connectivity index (χ4v) is 5.30. The summed E-state index contributed by atoms with van der Waals surface area (Å²) in [5.41, 5.74) is -1.77. The van der Waals surface area contributed by atoms with E-state index in [9.17, 15) is 35.5 Å². The van der Waals surface area contributed by atoms with Gasteiger partial charge in [-0.05, 0) is 62.6 Å². The van der Waals surface area contributed by atoms with Crippen LogP contribution in [0.1, 0.15) is 42.5 Å². The van der Waals surface area contributed by atoms with Crippen molar-refractivity contribution in [1.82, 2.24) is 4.90 Å². The number of rotatable bonds is 12. The van der Waals surface area contributed by atoms with Crippen LogP contribution in [0.5, 0.6) is 5.75 Å². The van der Waals surface area contributed by atoms with E-state index in [1.807, 2.05) is 0 Å². The highest BCUT2D eigenvalue weighted by Crippen LogP contribution is 2.33. The predicted molar refractivity (Wildman–Crippen MR) is 142 cm³/mol. The van der Waals surface area contributed by atoms with Crippen LogP contribution in [0.25, 0.3) is 0 Å². The molecular weight excluding hydrogens is 553 g/mol. The molecule has 40 heavy (non-hydrogen) atoms. The SMILES string of the molecule is CC(C)(O)c1ccc(OCCCN(CCc2ccc(F)cc2)Cc2cccc(C(F)(F)F)c2F)cc1S(C)(=O)=O. The van der Waals surface area contributed by atoms with E-state index in [1.165, 1.54) is 50.2 Å². The highest BCUT2D eigenvalue weighted by molar-refractivity contribution is 7.90. The zero-order valence-corrected chi connectivity index (χ0v) is 23.2. The van der Waals surface area contributed by atoms with Crippen LogP contribution in [-0.4, -0.2) is 44.4 Å². The van der Waals surface area contributed by atoms with Gasteiger partial charge in [0.15, 0.2) is 9.84 Å². The van der Waals surface area contributed by atoms with Gasteiger partial charge in [-0.25, -0.2) is 17.2 Å². The first kappa shape index (κ1) is 31.5. The monoisotopic (exact) mass is 585 g/mol. The molecule has 0 aliphatic heterocycles. The molecule has 218 valence electrons. The first-order valence-corrected chi connectivity index (χ1v) is 14.5. The Kier molecular flexibility index (Phi) is 9.97. The molecule has 3 rings (SSSR count). The van der Waals surface area contributed by atoms with Crippen molar-refractivity contribution < 1.29 is 40.2 Å². The van der Waals surface area contributed by atoms with Gasteiger partial charge in [-0.1, -0.05) is 30.3 Å². The van der Waals surface area contributed by atoms with Gasteiger partial charge in [-0.15, -0.1) is 0 Å². The molecule has 1 N–H and O–H groups in total. The van der Waals surface area contributed by atoms with E-state index in [-0.39, 0.29) is 34.9 Å². The van der Waals surface area contributed by atoms with Crippen molar-refractivity contribution in [3.8, 4) is 5.75 Å². The normalized spacial score (nSPS) is 12.7. The third kappa shape index (κ3) is 8.74. The summed E-state index contributed by atoms with van der Waals surface area (Å²) in [6.07, 6.45) is -2.94. The van der Waals surface area contributed by atoms with Crippen molar-refractivity contribution in [3.63, 3.8) is 0 Å². The standard InChI is InChI=1S/C29H32F5NO4S/c1-28(2,36)24-13-12-23(18-26(24)40(3,37)38)39-17-5-15-35(16-14-20-8-10-22(30)11-9-20)19-21-6-4-7-25(27(21)31)29(32,33)34/h4,6-13,18,36H,5,14-17,19H2,1-3H3. The Morgan fingerprint density at radius 1 is 0.925 bits per heavy atom. The zero-order chi connectivity index (χ0) is 29.7. The van der Waals surface area contributed by atoms with Gasteiger partial charge in [-0.3, -0.25) is 4.90 Å². The van der Waals surface area contributed by atoms with Gasteiger partial charge in [-0.2, -0.15) is 13.2 Å². The summed E-state index contributed by atoms with van der Waals surface area (Å²) in [4.78, 5) is 1.73. The van der Waals surface area contributed by atoms with Gasteiger partial charge in [0.1, 0.15) is 17.4 Å². The van der Waals surface area contributed by atoms with E-state index in [1.54, 1.807) is 23.1 Å². The molecule has 0 aliphatic rings. The molecule has 5 nitrogen and oxygen atoms in total. The summed E-state index contributed by atoms with van der Waals surface area (Å²) in [5, 5.41) is 10.3. The summed E-state index contributed by atoms with van der Waals surface area (Å²) in [5.74, 6) is -1.44. The molecule has 0 saturated heterocycles. The molecule has 0 amide bonds. The van der Waals surface area contributed by atoms with Crippen molar-refractivity contribution in [2.45, 2.75) is 49.9 Å². The number of ether oxygens (including phenoxy) is 1. The van der Waals surface area contributed by atoms with E-state index in [0.717, 1.165) is 11.8 Å². The molecule has 3 aromatic rings. The largest absolute Gasteiger partial charge is 0.494 e. The van der Waals surface area contributed by atoms with Gasteiger partial charge in [0.2, 0.25) is 0 Å². The molecular formula is C29H32F5NO4S. The van der Waals surface area contributed by atoms with Crippen molar-refractivity contribution in [2.75, 3.05) is 26.0 Å². The number of hydrogen-bond acceptors (Lipinski definition) is 5. The maximum atomic E-state index is 14.7. The lowest BCUT2D eigenvalue weighted by Gasteiger charge is -2.24. The molecule has 0 radical (unpaired) electrons.